The van der Waals surface area contributed by atoms with Gasteiger partial charge in [0, 0.05) is 12.8 Å². The third-order valence-electron chi connectivity index (χ3n) is 16.6. The molecule has 0 aliphatic carbocycles. The molecule has 0 N–H and O–H groups in total. The van der Waals surface area contributed by atoms with E-state index >= 15 is 0 Å². The van der Waals surface area contributed by atoms with Gasteiger partial charge < -0.3 is 33.2 Å². The zero-order valence-corrected chi connectivity index (χ0v) is 56.4. The van der Waals surface area contributed by atoms with E-state index in [2.05, 4.69) is 55.4 Å². The van der Waals surface area contributed by atoms with E-state index in [1.54, 1.807) is 0 Å². The highest BCUT2D eigenvalue weighted by atomic mass is 16.7. The van der Waals surface area contributed by atoms with Crippen molar-refractivity contribution in [2.75, 3.05) is 40.0 Å². The lowest BCUT2D eigenvalue weighted by molar-refractivity contribution is -0.167. The van der Waals surface area contributed by atoms with Crippen molar-refractivity contribution in [3.05, 3.63) is 23.0 Å². The first kappa shape index (κ1) is 79.6. The molecule has 0 heterocycles. The molecule has 0 rings (SSSR count). The molecule has 0 aliphatic heterocycles. The molecular weight excluding hydrogens is 1000 g/mol. The van der Waals surface area contributed by atoms with Crippen LogP contribution in [-0.4, -0.2) is 52.2 Å². The maximum Gasteiger partial charge on any atom is 0.162 e. The first-order valence-electron chi connectivity index (χ1n) is 36.9. The van der Waals surface area contributed by atoms with Gasteiger partial charge in [0.1, 0.15) is 23.7 Å². The number of allylic oxidation sites excluding steroid dienone is 2. The third-order valence-corrected chi connectivity index (χ3v) is 16.6. The molecule has 7 nitrogen and oxygen atoms in total. The second kappa shape index (κ2) is 67.7. The van der Waals surface area contributed by atoms with Crippen LogP contribution in [0.3, 0.4) is 0 Å². The normalized spacial score (nSPS) is 13.1. The Kier molecular flexibility index (Phi) is 66.5. The molecule has 0 bridgehead atoms. The van der Waals surface area contributed by atoms with Gasteiger partial charge in [-0.2, -0.15) is 0 Å². The van der Waals surface area contributed by atoms with Gasteiger partial charge in [-0.15, -0.1) is 0 Å². The van der Waals surface area contributed by atoms with Gasteiger partial charge in [0.2, 0.25) is 0 Å². The minimum Gasteiger partial charge on any atom is -0.494 e. The Hall–Kier alpha value is -1.44. The summed E-state index contributed by atoms with van der Waals surface area (Å²) in [5.41, 5.74) is 0. The monoisotopic (exact) mass is 1150 g/mol. The highest BCUT2D eigenvalue weighted by molar-refractivity contribution is 5.09. The number of hydrogen-bond donors (Lipinski definition) is 0. The summed E-state index contributed by atoms with van der Waals surface area (Å²) >= 11 is 0. The number of unbranched alkanes of at least 4 members (excludes halogenated alkanes) is 42. The standard InChI is InChI=1S/C74H146O7/c1-9-17-25-33-39-41-45-53-59-69(76-63-55-47-35-27-19-11-3)73(78-65-57-49-37-29-21-13-5)71(61-51-43-31-23-15-7)80-67-75-68-81-72(62-52-44-32-24-16-8)74(79-66-58-50-38-30-22-14-6)70(77-64-56-48-36-28-20-12-4)60-54-46-42-40-34-26-18-10-2/h71-72H,9-68H2,1-8H3. The molecule has 0 aromatic heterocycles. The van der Waals surface area contributed by atoms with Gasteiger partial charge in [0.25, 0.3) is 0 Å². The summed E-state index contributed by atoms with van der Waals surface area (Å²) in [5.74, 6) is 3.98. The van der Waals surface area contributed by atoms with Crippen molar-refractivity contribution in [3.63, 3.8) is 0 Å². The van der Waals surface area contributed by atoms with Gasteiger partial charge in [-0.25, -0.2) is 0 Å². The summed E-state index contributed by atoms with van der Waals surface area (Å²) in [6.07, 6.45) is 65.9. The van der Waals surface area contributed by atoms with Crippen LogP contribution in [0, 0.1) is 0 Å². The molecule has 81 heavy (non-hydrogen) atoms. The van der Waals surface area contributed by atoms with Crippen LogP contribution in [0.1, 0.15) is 402 Å². The lowest BCUT2D eigenvalue weighted by Crippen LogP contribution is -2.25. The molecule has 0 saturated carbocycles. The molecule has 0 aromatic carbocycles. The Morgan fingerprint density at radius 3 is 0.691 bits per heavy atom. The van der Waals surface area contributed by atoms with E-state index < -0.39 is 0 Å². The fourth-order valence-electron chi connectivity index (χ4n) is 11.1. The van der Waals surface area contributed by atoms with Crippen LogP contribution in [0.15, 0.2) is 23.0 Å². The lowest BCUT2D eigenvalue weighted by atomic mass is 10.0. The van der Waals surface area contributed by atoms with Crippen molar-refractivity contribution in [2.24, 2.45) is 0 Å². The quantitative estimate of drug-likeness (QED) is 0.0342. The van der Waals surface area contributed by atoms with E-state index in [0.717, 1.165) is 113 Å². The molecule has 2 unspecified atom stereocenters. The van der Waals surface area contributed by atoms with Crippen molar-refractivity contribution < 1.29 is 33.2 Å². The highest BCUT2D eigenvalue weighted by Crippen LogP contribution is 2.29. The molecule has 0 fully saturated rings. The summed E-state index contributed by atoms with van der Waals surface area (Å²) in [6, 6.07) is 0. The minimum atomic E-state index is -0.223. The second-order valence-corrected chi connectivity index (χ2v) is 24.6. The minimum absolute atomic E-state index is 0.145. The molecule has 0 spiro atoms. The maximum absolute atomic E-state index is 7.02. The smallest absolute Gasteiger partial charge is 0.162 e. The maximum atomic E-state index is 7.02. The van der Waals surface area contributed by atoms with Gasteiger partial charge in [-0.3, -0.25) is 0 Å². The number of hydrogen-bond acceptors (Lipinski definition) is 7. The average molecular weight is 1150 g/mol. The van der Waals surface area contributed by atoms with Crippen LogP contribution in [0.25, 0.3) is 0 Å². The van der Waals surface area contributed by atoms with Crippen molar-refractivity contribution in [2.45, 2.75) is 414 Å². The average Bonchev–Trinajstić information content (AvgIpc) is 3.48. The van der Waals surface area contributed by atoms with E-state index in [1.807, 2.05) is 0 Å². The Balaban J connectivity index is 7.00. The SMILES string of the molecule is CCCCCCCCCCC(OCCCCCCCC)=C(OCCCCCCCC)C(CCCCCCC)OCOCOC(CCCCCCC)C(OCCCCCCCC)=C(CCCCCCCCCC)OCCCCCCCC. The largest absolute Gasteiger partial charge is 0.494 e. The van der Waals surface area contributed by atoms with Crippen LogP contribution >= 0.6 is 0 Å². The molecular formula is C74H146O7. The van der Waals surface area contributed by atoms with Gasteiger partial charge in [0.15, 0.2) is 25.1 Å². The van der Waals surface area contributed by atoms with Gasteiger partial charge in [-0.1, -0.05) is 338 Å². The van der Waals surface area contributed by atoms with Crippen LogP contribution < -0.4 is 0 Å². The Morgan fingerprint density at radius 2 is 0.432 bits per heavy atom. The Labute approximate surface area is 508 Å². The third kappa shape index (κ3) is 53.7. The van der Waals surface area contributed by atoms with E-state index in [1.165, 1.54) is 270 Å². The molecule has 484 valence electrons. The van der Waals surface area contributed by atoms with Crippen LogP contribution in [0.4, 0.5) is 0 Å². The molecule has 7 heteroatoms. The Morgan fingerprint density at radius 1 is 0.222 bits per heavy atom. The van der Waals surface area contributed by atoms with E-state index in [4.69, 9.17) is 33.2 Å². The summed E-state index contributed by atoms with van der Waals surface area (Å²) < 4.78 is 48.4. The van der Waals surface area contributed by atoms with E-state index in [9.17, 15) is 0 Å². The molecule has 2 atom stereocenters. The predicted octanol–water partition coefficient (Wildman–Crippen LogP) is 25.4. The topological polar surface area (TPSA) is 64.6 Å². The van der Waals surface area contributed by atoms with Gasteiger partial charge in [-0.05, 0) is 51.4 Å². The van der Waals surface area contributed by atoms with Gasteiger partial charge in [0.05, 0.1) is 26.4 Å². The highest BCUT2D eigenvalue weighted by Gasteiger charge is 2.26. The van der Waals surface area contributed by atoms with Crippen molar-refractivity contribution in [3.8, 4) is 0 Å². The molecule has 0 saturated heterocycles. The first-order valence-corrected chi connectivity index (χ1v) is 36.9. The van der Waals surface area contributed by atoms with Crippen molar-refractivity contribution in [1.82, 2.24) is 0 Å². The fraction of sp³-hybridized carbons (Fsp3) is 0.946. The predicted molar refractivity (Wildman–Crippen MR) is 353 cm³/mol. The lowest BCUT2D eigenvalue weighted by Gasteiger charge is -2.26. The fourth-order valence-corrected chi connectivity index (χ4v) is 11.1. The van der Waals surface area contributed by atoms with Crippen molar-refractivity contribution in [1.29, 1.82) is 0 Å². The first-order chi connectivity index (χ1) is 40.1. The number of rotatable bonds is 70. The summed E-state index contributed by atoms with van der Waals surface area (Å²) in [4.78, 5) is 0. The molecule has 0 amide bonds. The number of ether oxygens (including phenoxy) is 7. The Bertz CT molecular complexity index is 1170. The van der Waals surface area contributed by atoms with Gasteiger partial charge >= 0.3 is 0 Å². The van der Waals surface area contributed by atoms with Crippen molar-refractivity contribution >= 4 is 0 Å². The summed E-state index contributed by atoms with van der Waals surface area (Å²) in [6.45, 7) is 21.6. The molecule has 0 aromatic rings. The van der Waals surface area contributed by atoms with E-state index in [-0.39, 0.29) is 25.8 Å². The van der Waals surface area contributed by atoms with E-state index in [0.29, 0.717) is 13.2 Å². The second-order valence-electron chi connectivity index (χ2n) is 24.6. The van der Waals surface area contributed by atoms with Crippen LogP contribution in [-0.2, 0) is 33.2 Å². The zero-order chi connectivity index (χ0) is 58.8. The van der Waals surface area contributed by atoms with Crippen LogP contribution in [0.5, 0.6) is 0 Å². The molecule has 0 radical (unpaired) electrons. The zero-order valence-electron chi connectivity index (χ0n) is 56.4. The summed E-state index contributed by atoms with van der Waals surface area (Å²) in [7, 11) is 0. The molecule has 0 aliphatic rings. The van der Waals surface area contributed by atoms with Crippen LogP contribution in [0.2, 0.25) is 0 Å². The summed E-state index contributed by atoms with van der Waals surface area (Å²) in [5, 5.41) is 0.